The molecule has 0 aromatic heterocycles. The van der Waals surface area contributed by atoms with Crippen molar-refractivity contribution in [2.45, 2.75) is 6.92 Å². The molecule has 0 aliphatic heterocycles. The molecule has 0 unspecified atom stereocenters. The van der Waals surface area contributed by atoms with E-state index >= 15 is 0 Å². The van der Waals surface area contributed by atoms with Crippen LogP contribution in [0, 0.1) is 5.92 Å². The topological polar surface area (TPSA) is 29.1 Å². The fourth-order valence-electron chi connectivity index (χ4n) is 0.870. The summed E-state index contributed by atoms with van der Waals surface area (Å²) in [4.78, 5) is 11.4. The van der Waals surface area contributed by atoms with Crippen LogP contribution in [-0.2, 0) is 4.79 Å². The Morgan fingerprint density at radius 1 is 1.46 bits per heavy atom. The fourth-order valence-corrected chi connectivity index (χ4v) is 1.04. The van der Waals surface area contributed by atoms with Gasteiger partial charge < -0.3 is 5.32 Å². The van der Waals surface area contributed by atoms with Gasteiger partial charge in [-0.3, -0.25) is 4.79 Å². The van der Waals surface area contributed by atoms with Crippen LogP contribution in [0.5, 0.6) is 0 Å². The van der Waals surface area contributed by atoms with E-state index in [0.717, 1.165) is 5.69 Å². The standard InChI is InChI=1S/C10H13NOS/c1-8(7-13)10(12)11-9-5-3-2-4-6-9/h2-6,8,13H,7H2,1H3,(H,11,12)/t8-/m1/s1. The molecule has 0 bridgehead atoms. The Hall–Kier alpha value is -0.960. The van der Waals surface area contributed by atoms with Crippen molar-refractivity contribution in [3.05, 3.63) is 30.3 Å². The number of anilines is 1. The monoisotopic (exact) mass is 195 g/mol. The second-order valence-electron chi connectivity index (χ2n) is 2.94. The molecular formula is C10H13NOS. The Kier molecular flexibility index (Phi) is 3.83. The molecule has 1 aromatic carbocycles. The number of rotatable bonds is 3. The summed E-state index contributed by atoms with van der Waals surface area (Å²) in [6.07, 6.45) is 0. The fraction of sp³-hybridized carbons (Fsp3) is 0.300. The van der Waals surface area contributed by atoms with Crippen molar-refractivity contribution < 1.29 is 4.79 Å². The summed E-state index contributed by atoms with van der Waals surface area (Å²) in [6.45, 7) is 1.85. The number of hydrogen-bond acceptors (Lipinski definition) is 2. The molecule has 70 valence electrons. The van der Waals surface area contributed by atoms with E-state index in [1.165, 1.54) is 0 Å². The number of carbonyl (C=O) groups is 1. The van der Waals surface area contributed by atoms with Crippen molar-refractivity contribution in [1.82, 2.24) is 0 Å². The first kappa shape index (κ1) is 10.1. The molecule has 0 aliphatic rings. The van der Waals surface area contributed by atoms with Gasteiger partial charge in [-0.15, -0.1) is 0 Å². The summed E-state index contributed by atoms with van der Waals surface area (Å²) in [6, 6.07) is 9.42. The molecule has 0 heterocycles. The SMILES string of the molecule is C[C@H](CS)C(=O)Nc1ccccc1. The zero-order chi connectivity index (χ0) is 9.68. The third kappa shape index (κ3) is 3.11. The Labute approximate surface area is 83.8 Å². The highest BCUT2D eigenvalue weighted by Gasteiger charge is 2.09. The van der Waals surface area contributed by atoms with Gasteiger partial charge in [0.25, 0.3) is 0 Å². The largest absolute Gasteiger partial charge is 0.326 e. The molecule has 0 radical (unpaired) electrons. The average Bonchev–Trinajstić information content (AvgIpc) is 2.18. The lowest BCUT2D eigenvalue weighted by atomic mass is 10.2. The smallest absolute Gasteiger partial charge is 0.228 e. The van der Waals surface area contributed by atoms with Crippen molar-refractivity contribution in [2.24, 2.45) is 5.92 Å². The highest BCUT2D eigenvalue weighted by atomic mass is 32.1. The molecule has 0 saturated heterocycles. The number of carbonyl (C=O) groups excluding carboxylic acids is 1. The van der Waals surface area contributed by atoms with Crippen LogP contribution < -0.4 is 5.32 Å². The molecule has 1 aromatic rings. The first-order chi connectivity index (χ1) is 6.24. The van der Waals surface area contributed by atoms with Gasteiger partial charge in [0.05, 0.1) is 0 Å². The van der Waals surface area contributed by atoms with Crippen LogP contribution in [0.4, 0.5) is 5.69 Å². The van der Waals surface area contributed by atoms with E-state index < -0.39 is 0 Å². The predicted octanol–water partition coefficient (Wildman–Crippen LogP) is 2.19. The zero-order valence-electron chi connectivity index (χ0n) is 7.53. The Morgan fingerprint density at radius 2 is 2.08 bits per heavy atom. The van der Waals surface area contributed by atoms with Crippen LogP contribution in [0.3, 0.4) is 0 Å². The Morgan fingerprint density at radius 3 is 2.62 bits per heavy atom. The lowest BCUT2D eigenvalue weighted by Crippen LogP contribution is -2.21. The van der Waals surface area contributed by atoms with Crippen LogP contribution in [0.25, 0.3) is 0 Å². The minimum absolute atomic E-state index is 0.0150. The first-order valence-corrected chi connectivity index (χ1v) is 4.84. The van der Waals surface area contributed by atoms with Gasteiger partial charge in [-0.2, -0.15) is 12.6 Å². The van der Waals surface area contributed by atoms with E-state index in [9.17, 15) is 4.79 Å². The second-order valence-corrected chi connectivity index (χ2v) is 3.30. The van der Waals surface area contributed by atoms with E-state index in [1.54, 1.807) is 0 Å². The van der Waals surface area contributed by atoms with Gasteiger partial charge in [0.1, 0.15) is 0 Å². The van der Waals surface area contributed by atoms with Gasteiger partial charge in [0, 0.05) is 17.4 Å². The van der Waals surface area contributed by atoms with Crippen LogP contribution >= 0.6 is 12.6 Å². The molecule has 3 heteroatoms. The number of benzene rings is 1. The van der Waals surface area contributed by atoms with Crippen molar-refractivity contribution >= 4 is 24.2 Å². The van der Waals surface area contributed by atoms with Crippen LogP contribution in [0.1, 0.15) is 6.92 Å². The highest BCUT2D eigenvalue weighted by Crippen LogP contribution is 2.08. The first-order valence-electron chi connectivity index (χ1n) is 4.21. The Bertz CT molecular complexity index is 274. The van der Waals surface area contributed by atoms with Crippen LogP contribution in [0.2, 0.25) is 0 Å². The molecule has 1 rings (SSSR count). The maximum absolute atomic E-state index is 11.4. The minimum atomic E-state index is -0.0523. The summed E-state index contributed by atoms with van der Waals surface area (Å²) in [5.74, 6) is 0.531. The average molecular weight is 195 g/mol. The molecule has 1 atom stereocenters. The molecule has 2 nitrogen and oxygen atoms in total. The second kappa shape index (κ2) is 4.92. The number of nitrogens with one attached hydrogen (secondary N) is 1. The number of para-hydroxylation sites is 1. The van der Waals surface area contributed by atoms with Gasteiger partial charge in [0.2, 0.25) is 5.91 Å². The predicted molar refractivity (Wildman–Crippen MR) is 58.1 cm³/mol. The third-order valence-corrected chi connectivity index (χ3v) is 2.31. The van der Waals surface area contributed by atoms with Gasteiger partial charge in [-0.25, -0.2) is 0 Å². The molecular weight excluding hydrogens is 182 g/mol. The van der Waals surface area contributed by atoms with E-state index in [1.807, 2.05) is 37.3 Å². The van der Waals surface area contributed by atoms with E-state index in [-0.39, 0.29) is 11.8 Å². The molecule has 0 aliphatic carbocycles. The quantitative estimate of drug-likeness (QED) is 0.711. The summed E-state index contributed by atoms with van der Waals surface area (Å²) in [5, 5.41) is 2.80. The summed E-state index contributed by atoms with van der Waals surface area (Å²) < 4.78 is 0. The summed E-state index contributed by atoms with van der Waals surface area (Å²) in [5.41, 5.74) is 0.834. The van der Waals surface area contributed by atoms with Gasteiger partial charge >= 0.3 is 0 Å². The molecule has 1 amide bonds. The third-order valence-electron chi connectivity index (χ3n) is 1.76. The molecule has 0 fully saturated rings. The van der Waals surface area contributed by atoms with E-state index in [2.05, 4.69) is 17.9 Å². The number of thiol groups is 1. The normalized spacial score (nSPS) is 12.2. The summed E-state index contributed by atoms with van der Waals surface area (Å²) >= 11 is 4.06. The van der Waals surface area contributed by atoms with Gasteiger partial charge in [-0.05, 0) is 12.1 Å². The maximum atomic E-state index is 11.4. The van der Waals surface area contributed by atoms with Crippen molar-refractivity contribution in [3.63, 3.8) is 0 Å². The van der Waals surface area contributed by atoms with Crippen molar-refractivity contribution in [1.29, 1.82) is 0 Å². The zero-order valence-corrected chi connectivity index (χ0v) is 8.42. The van der Waals surface area contributed by atoms with Gasteiger partial charge in [-0.1, -0.05) is 25.1 Å². The number of hydrogen-bond donors (Lipinski definition) is 2. The van der Waals surface area contributed by atoms with Crippen LogP contribution in [0.15, 0.2) is 30.3 Å². The summed E-state index contributed by atoms with van der Waals surface area (Å²) in [7, 11) is 0. The highest BCUT2D eigenvalue weighted by molar-refractivity contribution is 7.80. The number of amides is 1. The molecule has 0 spiro atoms. The van der Waals surface area contributed by atoms with Crippen molar-refractivity contribution in [3.8, 4) is 0 Å². The van der Waals surface area contributed by atoms with Crippen LogP contribution in [-0.4, -0.2) is 11.7 Å². The van der Waals surface area contributed by atoms with Crippen molar-refractivity contribution in [2.75, 3.05) is 11.1 Å². The Balaban J connectivity index is 2.55. The molecule has 0 saturated carbocycles. The maximum Gasteiger partial charge on any atom is 0.228 e. The lowest BCUT2D eigenvalue weighted by molar-refractivity contribution is -0.118. The lowest BCUT2D eigenvalue weighted by Gasteiger charge is -2.08. The van der Waals surface area contributed by atoms with Gasteiger partial charge in [0.15, 0.2) is 0 Å². The molecule has 1 N–H and O–H groups in total. The molecule has 13 heavy (non-hydrogen) atoms. The van der Waals surface area contributed by atoms with E-state index in [4.69, 9.17) is 0 Å². The van der Waals surface area contributed by atoms with E-state index in [0.29, 0.717) is 5.75 Å². The minimum Gasteiger partial charge on any atom is -0.326 e.